The smallest absolute Gasteiger partial charge is 0.144 e. The zero-order valence-corrected chi connectivity index (χ0v) is 39.6. The predicted molar refractivity (Wildman–Crippen MR) is 290 cm³/mol. The standard InChI is InChI=1S/C68H47NO/c1-67(2)51-34-50-52(33-49(51)63-53(67)31-47(61-45-15-5-7-17-55(45)69-65(61)63)41-27-23-39-21-19-35-11-9-13-37-25-29-43(41)59(39)57(35)37)68(3,4)54-32-48(62-46-16-6-8-18-56(46)70-66(62)64(50)54)42-28-24-40-22-20-36-12-10-14-38-26-30-44(42)60(40)58(36)38/h5-18,21-34,59-60,69H,19-20H2,1-4H3. The van der Waals surface area contributed by atoms with Crippen LogP contribution in [0.5, 0.6) is 0 Å². The molecule has 0 bridgehead atoms. The lowest BCUT2D eigenvalue weighted by Gasteiger charge is -2.35. The number of benzene rings is 7. The van der Waals surface area contributed by atoms with E-state index in [0.717, 1.165) is 24.0 Å². The zero-order valence-electron chi connectivity index (χ0n) is 39.6. The van der Waals surface area contributed by atoms with Crippen molar-refractivity contribution in [1.29, 1.82) is 0 Å². The highest BCUT2D eigenvalue weighted by Gasteiger charge is 2.46. The first-order valence-corrected chi connectivity index (χ1v) is 25.3. The summed E-state index contributed by atoms with van der Waals surface area (Å²) in [5.41, 5.74) is 33.9. The molecule has 2 atom stereocenters. The van der Waals surface area contributed by atoms with Crippen LogP contribution < -0.4 is 0 Å². The molecule has 2 unspecified atom stereocenters. The van der Waals surface area contributed by atoms with E-state index in [0.29, 0.717) is 0 Å². The molecule has 2 aromatic heterocycles. The van der Waals surface area contributed by atoms with E-state index in [1.54, 1.807) is 0 Å². The van der Waals surface area contributed by atoms with Crippen LogP contribution >= 0.6 is 0 Å². The van der Waals surface area contributed by atoms with Gasteiger partial charge in [0.1, 0.15) is 11.2 Å². The van der Waals surface area contributed by atoms with Crippen LogP contribution in [0.1, 0.15) is 106 Å². The second kappa shape index (κ2) is 12.6. The van der Waals surface area contributed by atoms with Gasteiger partial charge in [0.25, 0.3) is 0 Å². The summed E-state index contributed by atoms with van der Waals surface area (Å²) < 4.78 is 7.21. The van der Waals surface area contributed by atoms with E-state index in [1.165, 1.54) is 155 Å². The summed E-state index contributed by atoms with van der Waals surface area (Å²) in [5, 5.41) is 4.98. The number of H-pyrrole nitrogens is 1. The molecule has 7 aromatic carbocycles. The fourth-order valence-corrected chi connectivity index (χ4v) is 15.0. The third-order valence-electron chi connectivity index (χ3n) is 18.2. The first kappa shape index (κ1) is 38.0. The molecular formula is C68H47NO. The molecule has 0 amide bonds. The van der Waals surface area contributed by atoms with Gasteiger partial charge in [0, 0.05) is 60.9 Å². The van der Waals surface area contributed by atoms with Crippen LogP contribution in [0.25, 0.3) is 89.3 Å². The van der Waals surface area contributed by atoms with Gasteiger partial charge in [-0.05, 0) is 161 Å². The molecular weight excluding hydrogens is 847 g/mol. The molecule has 70 heavy (non-hydrogen) atoms. The van der Waals surface area contributed by atoms with Crippen molar-refractivity contribution in [3.63, 3.8) is 0 Å². The number of hydrogen-bond acceptors (Lipinski definition) is 1. The minimum atomic E-state index is -0.303. The van der Waals surface area contributed by atoms with Crippen molar-refractivity contribution >= 4 is 67.0 Å². The van der Waals surface area contributed by atoms with Crippen LogP contribution in [0.4, 0.5) is 0 Å². The summed E-state index contributed by atoms with van der Waals surface area (Å²) in [7, 11) is 0. The Morgan fingerprint density at radius 3 is 1.67 bits per heavy atom. The van der Waals surface area contributed by atoms with Crippen LogP contribution in [0.3, 0.4) is 0 Å². The highest BCUT2D eigenvalue weighted by molar-refractivity contribution is 6.21. The largest absolute Gasteiger partial charge is 0.455 e. The number of aromatic nitrogens is 1. The fraction of sp³-hybridized carbons (Fsp3) is 0.147. The van der Waals surface area contributed by atoms with Crippen molar-refractivity contribution in [3.05, 3.63) is 247 Å². The van der Waals surface area contributed by atoms with Crippen molar-refractivity contribution < 1.29 is 4.42 Å². The number of furan rings is 1. The van der Waals surface area contributed by atoms with Crippen molar-refractivity contribution in [2.45, 2.75) is 63.2 Å². The van der Waals surface area contributed by atoms with E-state index >= 15 is 0 Å². The average molecular weight is 894 g/mol. The molecule has 9 aromatic rings. The Balaban J connectivity index is 0.903. The van der Waals surface area contributed by atoms with Gasteiger partial charge in [0.15, 0.2) is 0 Å². The topological polar surface area (TPSA) is 28.9 Å². The van der Waals surface area contributed by atoms with Gasteiger partial charge in [-0.2, -0.15) is 0 Å². The summed E-state index contributed by atoms with van der Waals surface area (Å²) in [6.45, 7) is 9.81. The number of nitrogens with one attached hydrogen (secondary N) is 1. The van der Waals surface area contributed by atoms with Gasteiger partial charge in [-0.3, -0.25) is 0 Å². The molecule has 0 radical (unpaired) electrons. The number of rotatable bonds is 2. The summed E-state index contributed by atoms with van der Waals surface area (Å²) in [6, 6.07) is 41.7. The maximum Gasteiger partial charge on any atom is 0.144 e. The highest BCUT2D eigenvalue weighted by atomic mass is 16.3. The highest BCUT2D eigenvalue weighted by Crippen LogP contribution is 2.62. The molecule has 17 rings (SSSR count). The second-order valence-electron chi connectivity index (χ2n) is 22.2. The Kier molecular flexibility index (Phi) is 6.85. The Hall–Kier alpha value is -7.94. The molecule has 0 fully saturated rings. The van der Waals surface area contributed by atoms with Gasteiger partial charge < -0.3 is 9.40 Å². The van der Waals surface area contributed by atoms with Crippen LogP contribution in [0, 0.1) is 0 Å². The quantitative estimate of drug-likeness (QED) is 0.184. The minimum Gasteiger partial charge on any atom is -0.455 e. The summed E-state index contributed by atoms with van der Waals surface area (Å²) in [4.78, 5) is 4.07. The lowest BCUT2D eigenvalue weighted by molar-refractivity contribution is 0.649. The molecule has 0 spiro atoms. The normalized spacial score (nSPS) is 20.5. The zero-order chi connectivity index (χ0) is 46.1. The van der Waals surface area contributed by atoms with Gasteiger partial charge in [-0.15, -0.1) is 0 Å². The van der Waals surface area contributed by atoms with E-state index in [1.807, 2.05) is 0 Å². The van der Waals surface area contributed by atoms with E-state index in [9.17, 15) is 0 Å². The van der Waals surface area contributed by atoms with Crippen LogP contribution in [-0.2, 0) is 23.7 Å². The number of fused-ring (bicyclic) bond motifs is 14. The number of allylic oxidation sites excluding steroid dienone is 14. The third kappa shape index (κ3) is 4.49. The van der Waals surface area contributed by atoms with E-state index in [2.05, 4.69) is 203 Å². The van der Waals surface area contributed by atoms with Gasteiger partial charge in [0.05, 0.1) is 5.52 Å². The van der Waals surface area contributed by atoms with Gasteiger partial charge >= 0.3 is 0 Å². The number of para-hydroxylation sites is 2. The molecule has 2 heterocycles. The molecule has 0 aliphatic heterocycles. The first-order valence-electron chi connectivity index (χ1n) is 25.3. The summed E-state index contributed by atoms with van der Waals surface area (Å²) >= 11 is 0. The third-order valence-corrected chi connectivity index (χ3v) is 18.2. The maximum absolute atomic E-state index is 7.21. The summed E-state index contributed by atoms with van der Waals surface area (Å²) in [6.07, 6.45) is 26.1. The van der Waals surface area contributed by atoms with Crippen molar-refractivity contribution in [2.75, 3.05) is 0 Å². The number of aromatic amines is 1. The average Bonchev–Trinajstić information content (AvgIpc) is 4.09. The van der Waals surface area contributed by atoms with Crippen LogP contribution in [-0.4, -0.2) is 4.98 Å². The lowest BCUT2D eigenvalue weighted by Crippen LogP contribution is -2.19. The van der Waals surface area contributed by atoms with E-state index in [-0.39, 0.29) is 22.7 Å². The Bertz CT molecular complexity index is 4060. The predicted octanol–water partition coefficient (Wildman–Crippen LogP) is 17.1. The first-order chi connectivity index (χ1) is 34.2. The van der Waals surface area contributed by atoms with E-state index in [4.69, 9.17) is 4.42 Å². The van der Waals surface area contributed by atoms with Crippen molar-refractivity contribution in [1.82, 2.24) is 4.98 Å². The Labute approximate surface area is 406 Å². The second-order valence-corrected chi connectivity index (χ2v) is 22.2. The molecule has 0 saturated heterocycles. The van der Waals surface area contributed by atoms with E-state index < -0.39 is 0 Å². The fourth-order valence-electron chi connectivity index (χ4n) is 15.0. The van der Waals surface area contributed by atoms with Gasteiger partial charge in [0.2, 0.25) is 0 Å². The van der Waals surface area contributed by atoms with Crippen LogP contribution in [0.15, 0.2) is 185 Å². The molecule has 2 nitrogen and oxygen atoms in total. The number of hydrogen-bond donors (Lipinski definition) is 1. The molecule has 1 N–H and O–H groups in total. The van der Waals surface area contributed by atoms with Gasteiger partial charge in [-0.1, -0.05) is 161 Å². The molecule has 330 valence electrons. The molecule has 8 aliphatic rings. The summed E-state index contributed by atoms with van der Waals surface area (Å²) in [5.74, 6) is 0.487. The minimum absolute atomic E-state index is 0.236. The van der Waals surface area contributed by atoms with Crippen LogP contribution in [0.2, 0.25) is 0 Å². The monoisotopic (exact) mass is 893 g/mol. The maximum atomic E-state index is 7.21. The van der Waals surface area contributed by atoms with Crippen molar-refractivity contribution in [3.8, 4) is 22.3 Å². The Morgan fingerprint density at radius 1 is 0.486 bits per heavy atom. The van der Waals surface area contributed by atoms with Gasteiger partial charge in [-0.25, -0.2) is 0 Å². The molecule has 2 heteroatoms. The molecule has 0 saturated carbocycles. The molecule has 8 aliphatic carbocycles. The lowest BCUT2D eigenvalue weighted by atomic mass is 9.68. The van der Waals surface area contributed by atoms with Crippen molar-refractivity contribution in [2.24, 2.45) is 0 Å². The Morgan fingerprint density at radius 2 is 1.03 bits per heavy atom. The SMILES string of the molecule is CC1(C)c2cc3c(cc2-c2c1cc(C1=C4C=Cc5cccc6c5C4C(=CC6)C=C1)c1c2[nH]c2ccccc21)C(C)(C)c1cc(C2=C4C=Cc5cccc6c5C4C(=CC6)C=C2)c2c(oc4ccccc42)c1-3.